The molecule has 0 spiro atoms. The first kappa shape index (κ1) is 16.6. The van der Waals surface area contributed by atoms with Gasteiger partial charge in [0.05, 0.1) is 19.9 Å². The van der Waals surface area contributed by atoms with Gasteiger partial charge in [0, 0.05) is 23.9 Å². The number of ether oxygens (including phenoxy) is 1. The van der Waals surface area contributed by atoms with Crippen LogP contribution in [0, 0.1) is 11.6 Å². The molecule has 2 N–H and O–H groups in total. The van der Waals surface area contributed by atoms with E-state index in [9.17, 15) is 18.4 Å². The fourth-order valence-electron chi connectivity index (χ4n) is 2.06. The molecule has 8 heteroatoms. The fraction of sp³-hybridized carbons (Fsp3) is 0.267. The lowest BCUT2D eigenvalue weighted by Crippen LogP contribution is -2.43. The number of methoxy groups -OCH3 is 1. The lowest BCUT2D eigenvalue weighted by atomic mass is 10.1. The molecule has 2 rings (SSSR count). The number of rotatable bonds is 6. The lowest BCUT2D eigenvalue weighted by Gasteiger charge is -2.16. The summed E-state index contributed by atoms with van der Waals surface area (Å²) in [7, 11) is 1.19. The van der Waals surface area contributed by atoms with Crippen LogP contribution in [-0.4, -0.2) is 35.0 Å². The van der Waals surface area contributed by atoms with Gasteiger partial charge in [-0.15, -0.1) is 0 Å². The van der Waals surface area contributed by atoms with Crippen LogP contribution in [0.15, 0.2) is 30.7 Å². The van der Waals surface area contributed by atoms with E-state index in [0.717, 1.165) is 12.1 Å². The number of aromatic amines is 1. The number of esters is 1. The van der Waals surface area contributed by atoms with Gasteiger partial charge in [-0.05, 0) is 12.1 Å². The Hall–Kier alpha value is -2.77. The standard InChI is InChI=1S/C15H15F2N3O3/c1-23-15(22)13(5-9-7-18-8-19-9)20-14(21)6-10-11(16)3-2-4-12(10)17/h2-4,7-8,13H,5-6H2,1H3,(H,18,19)(H,20,21)/t13-/m0/s1. The molecular weight excluding hydrogens is 308 g/mol. The zero-order valence-electron chi connectivity index (χ0n) is 12.3. The topological polar surface area (TPSA) is 84.1 Å². The third-order valence-electron chi connectivity index (χ3n) is 3.20. The summed E-state index contributed by atoms with van der Waals surface area (Å²) in [5, 5.41) is 2.41. The largest absolute Gasteiger partial charge is 0.467 e. The van der Waals surface area contributed by atoms with Gasteiger partial charge in [-0.1, -0.05) is 6.07 Å². The summed E-state index contributed by atoms with van der Waals surface area (Å²) in [5.41, 5.74) is 0.257. The molecule has 0 saturated carbocycles. The monoisotopic (exact) mass is 323 g/mol. The normalized spacial score (nSPS) is 11.8. The lowest BCUT2D eigenvalue weighted by molar-refractivity contribution is -0.145. The Morgan fingerprint density at radius 3 is 2.61 bits per heavy atom. The number of benzene rings is 1. The summed E-state index contributed by atoms with van der Waals surface area (Å²) in [4.78, 5) is 30.3. The van der Waals surface area contributed by atoms with Gasteiger partial charge < -0.3 is 15.0 Å². The van der Waals surface area contributed by atoms with Crippen LogP contribution in [0.2, 0.25) is 0 Å². The second-order valence-corrected chi connectivity index (χ2v) is 4.80. The summed E-state index contributed by atoms with van der Waals surface area (Å²) in [6.07, 6.45) is 2.53. The van der Waals surface area contributed by atoms with Crippen LogP contribution in [0.25, 0.3) is 0 Å². The Bertz CT molecular complexity index is 669. The summed E-state index contributed by atoms with van der Waals surface area (Å²) in [5.74, 6) is -2.99. The van der Waals surface area contributed by atoms with E-state index >= 15 is 0 Å². The van der Waals surface area contributed by atoms with Crippen LogP contribution in [0.4, 0.5) is 8.78 Å². The van der Waals surface area contributed by atoms with Crippen LogP contribution in [0.5, 0.6) is 0 Å². The van der Waals surface area contributed by atoms with Crippen molar-refractivity contribution in [1.82, 2.24) is 15.3 Å². The minimum absolute atomic E-state index is 0.123. The molecule has 0 aliphatic rings. The van der Waals surface area contributed by atoms with Gasteiger partial charge in [0.2, 0.25) is 5.91 Å². The Balaban J connectivity index is 2.06. The summed E-state index contributed by atoms with van der Waals surface area (Å²) < 4.78 is 31.7. The maximum atomic E-state index is 13.6. The van der Waals surface area contributed by atoms with E-state index in [1.807, 2.05) is 0 Å². The molecule has 0 saturated heterocycles. The molecule has 122 valence electrons. The van der Waals surface area contributed by atoms with E-state index in [1.54, 1.807) is 0 Å². The third-order valence-corrected chi connectivity index (χ3v) is 3.20. The molecule has 1 aromatic heterocycles. The van der Waals surface area contributed by atoms with Crippen molar-refractivity contribution in [3.63, 3.8) is 0 Å². The first-order valence-corrected chi connectivity index (χ1v) is 6.78. The Morgan fingerprint density at radius 1 is 1.35 bits per heavy atom. The quantitative estimate of drug-likeness (QED) is 0.781. The molecule has 1 heterocycles. The van der Waals surface area contributed by atoms with Gasteiger partial charge in [0.1, 0.15) is 17.7 Å². The number of imidazole rings is 1. The van der Waals surface area contributed by atoms with Crippen LogP contribution in [-0.2, 0) is 27.2 Å². The average molecular weight is 323 g/mol. The van der Waals surface area contributed by atoms with Crippen LogP contribution in [0.1, 0.15) is 11.3 Å². The van der Waals surface area contributed by atoms with E-state index in [2.05, 4.69) is 20.0 Å². The average Bonchev–Trinajstić information content (AvgIpc) is 3.02. The number of H-pyrrole nitrogens is 1. The second-order valence-electron chi connectivity index (χ2n) is 4.80. The van der Waals surface area contributed by atoms with E-state index in [-0.39, 0.29) is 12.0 Å². The van der Waals surface area contributed by atoms with E-state index in [1.165, 1.54) is 25.7 Å². The first-order valence-electron chi connectivity index (χ1n) is 6.78. The van der Waals surface area contributed by atoms with E-state index in [0.29, 0.717) is 5.69 Å². The number of hydrogen-bond donors (Lipinski definition) is 2. The minimum atomic E-state index is -0.984. The van der Waals surface area contributed by atoms with Crippen LogP contribution < -0.4 is 5.32 Å². The Kier molecular flexibility index (Phi) is 5.40. The molecule has 0 aliphatic carbocycles. The van der Waals surface area contributed by atoms with Gasteiger partial charge in [0.25, 0.3) is 0 Å². The number of hydrogen-bond acceptors (Lipinski definition) is 4. The predicted octanol–water partition coefficient (Wildman–Crippen LogP) is 1.13. The zero-order chi connectivity index (χ0) is 16.8. The molecule has 0 fully saturated rings. The molecule has 1 aromatic carbocycles. The molecule has 0 bridgehead atoms. The van der Waals surface area contributed by atoms with Crippen molar-refractivity contribution in [2.75, 3.05) is 7.11 Å². The van der Waals surface area contributed by atoms with Crippen molar-refractivity contribution >= 4 is 11.9 Å². The molecule has 0 aliphatic heterocycles. The number of amides is 1. The van der Waals surface area contributed by atoms with Crippen LogP contribution in [0.3, 0.4) is 0 Å². The van der Waals surface area contributed by atoms with Crippen molar-refractivity contribution in [2.24, 2.45) is 0 Å². The molecule has 23 heavy (non-hydrogen) atoms. The van der Waals surface area contributed by atoms with Gasteiger partial charge in [-0.2, -0.15) is 0 Å². The summed E-state index contributed by atoms with van der Waals surface area (Å²) >= 11 is 0. The maximum absolute atomic E-state index is 13.6. The van der Waals surface area contributed by atoms with Crippen LogP contribution >= 0.6 is 0 Å². The minimum Gasteiger partial charge on any atom is -0.467 e. The number of halogens is 2. The highest BCUT2D eigenvalue weighted by Gasteiger charge is 2.23. The van der Waals surface area contributed by atoms with Gasteiger partial charge in [0.15, 0.2) is 0 Å². The number of nitrogens with one attached hydrogen (secondary N) is 2. The Labute approximate surface area is 130 Å². The summed E-state index contributed by atoms with van der Waals surface area (Å²) in [6, 6.07) is 2.35. The molecular formula is C15H15F2N3O3. The number of aromatic nitrogens is 2. The SMILES string of the molecule is COC(=O)[C@H](Cc1cnc[nH]1)NC(=O)Cc1c(F)cccc1F. The predicted molar refractivity (Wildman–Crippen MR) is 76.3 cm³/mol. The molecule has 2 aromatic rings. The molecule has 0 unspecified atom stereocenters. The number of carbonyl (C=O) groups excluding carboxylic acids is 2. The van der Waals surface area contributed by atoms with E-state index in [4.69, 9.17) is 0 Å². The second kappa shape index (κ2) is 7.48. The Morgan fingerprint density at radius 2 is 2.04 bits per heavy atom. The highest BCUT2D eigenvalue weighted by Crippen LogP contribution is 2.13. The number of nitrogens with zero attached hydrogens (tertiary/aromatic N) is 1. The zero-order valence-corrected chi connectivity index (χ0v) is 12.3. The van der Waals surface area contributed by atoms with E-state index < -0.39 is 36.0 Å². The first-order chi connectivity index (χ1) is 11.0. The maximum Gasteiger partial charge on any atom is 0.328 e. The van der Waals surface area contributed by atoms with Crippen molar-refractivity contribution in [3.05, 3.63) is 53.6 Å². The summed E-state index contributed by atoms with van der Waals surface area (Å²) in [6.45, 7) is 0. The van der Waals surface area contributed by atoms with Gasteiger partial charge in [-0.25, -0.2) is 18.6 Å². The molecule has 1 amide bonds. The van der Waals surface area contributed by atoms with Crippen molar-refractivity contribution in [3.8, 4) is 0 Å². The highest BCUT2D eigenvalue weighted by atomic mass is 19.1. The van der Waals surface area contributed by atoms with Crippen molar-refractivity contribution in [1.29, 1.82) is 0 Å². The smallest absolute Gasteiger partial charge is 0.328 e. The van der Waals surface area contributed by atoms with Crippen molar-refractivity contribution < 1.29 is 23.1 Å². The van der Waals surface area contributed by atoms with Gasteiger partial charge in [-0.3, -0.25) is 4.79 Å². The molecule has 1 atom stereocenters. The van der Waals surface area contributed by atoms with Crippen molar-refractivity contribution in [2.45, 2.75) is 18.9 Å². The van der Waals surface area contributed by atoms with Gasteiger partial charge >= 0.3 is 5.97 Å². The third kappa shape index (κ3) is 4.35. The molecule has 6 nitrogen and oxygen atoms in total. The fourth-order valence-corrected chi connectivity index (χ4v) is 2.06. The molecule has 0 radical (unpaired) electrons. The highest BCUT2D eigenvalue weighted by molar-refractivity contribution is 5.85. The number of carbonyl (C=O) groups is 2.